The van der Waals surface area contributed by atoms with Gasteiger partial charge in [0.05, 0.1) is 6.61 Å². The molecule has 1 unspecified atom stereocenters. The van der Waals surface area contributed by atoms with Crippen LogP contribution in [0, 0.1) is 5.41 Å². The summed E-state index contributed by atoms with van der Waals surface area (Å²) >= 11 is 0. The molecule has 1 saturated carbocycles. The maximum Gasteiger partial charge on any atom is 0.119 e. The molecule has 1 fully saturated rings. The zero-order valence-electron chi connectivity index (χ0n) is 13.0. The quantitative estimate of drug-likeness (QED) is 0.613. The number of hydrogen-bond acceptors (Lipinski definition) is 2. The van der Waals surface area contributed by atoms with Gasteiger partial charge in [0.1, 0.15) is 5.75 Å². The predicted molar refractivity (Wildman–Crippen MR) is 85.2 cm³/mol. The van der Waals surface area contributed by atoms with Crippen molar-refractivity contribution >= 4 is 0 Å². The Kier molecular flexibility index (Phi) is 5.90. The summed E-state index contributed by atoms with van der Waals surface area (Å²) in [6, 6.07) is 10.8. The first-order valence-electron chi connectivity index (χ1n) is 8.07. The molecule has 0 spiro atoms. The fourth-order valence-electron chi connectivity index (χ4n) is 2.95. The Morgan fingerprint density at radius 2 is 1.95 bits per heavy atom. The molecule has 0 amide bonds. The zero-order valence-corrected chi connectivity index (χ0v) is 13.0. The molecule has 20 heavy (non-hydrogen) atoms. The van der Waals surface area contributed by atoms with Crippen LogP contribution in [-0.2, 0) is 0 Å². The molecule has 0 aliphatic heterocycles. The van der Waals surface area contributed by atoms with Crippen LogP contribution in [0.25, 0.3) is 0 Å². The lowest BCUT2D eigenvalue weighted by atomic mass is 9.85. The summed E-state index contributed by atoms with van der Waals surface area (Å²) in [7, 11) is 0. The van der Waals surface area contributed by atoms with Crippen molar-refractivity contribution in [2.24, 2.45) is 5.41 Å². The van der Waals surface area contributed by atoms with Gasteiger partial charge in [-0.25, -0.2) is 0 Å². The van der Waals surface area contributed by atoms with Crippen molar-refractivity contribution in [3.63, 3.8) is 0 Å². The molecule has 1 N–H and O–H groups in total. The van der Waals surface area contributed by atoms with Gasteiger partial charge in [-0.05, 0) is 56.2 Å². The molecule has 0 radical (unpaired) electrons. The normalized spacial score (nSPS) is 22.2. The molecule has 1 aromatic rings. The van der Waals surface area contributed by atoms with Crippen LogP contribution in [0.5, 0.6) is 5.75 Å². The summed E-state index contributed by atoms with van der Waals surface area (Å²) in [5.41, 5.74) is 0.548. The van der Waals surface area contributed by atoms with E-state index in [2.05, 4.69) is 19.2 Å². The molecule has 2 nitrogen and oxygen atoms in total. The lowest BCUT2D eigenvalue weighted by molar-refractivity contribution is 0.297. The highest BCUT2D eigenvalue weighted by Crippen LogP contribution is 2.33. The third-order valence-corrected chi connectivity index (χ3v) is 4.34. The molecule has 1 aliphatic rings. The number of benzene rings is 1. The Bertz CT molecular complexity index is 374. The zero-order chi connectivity index (χ0) is 14.3. The van der Waals surface area contributed by atoms with E-state index >= 15 is 0 Å². The maximum atomic E-state index is 5.71. The number of para-hydroxylation sites is 1. The molecule has 1 atom stereocenters. The Morgan fingerprint density at radius 3 is 2.75 bits per heavy atom. The van der Waals surface area contributed by atoms with Gasteiger partial charge >= 0.3 is 0 Å². The van der Waals surface area contributed by atoms with E-state index in [0.29, 0.717) is 11.5 Å². The van der Waals surface area contributed by atoms with Gasteiger partial charge in [0.2, 0.25) is 0 Å². The van der Waals surface area contributed by atoms with Gasteiger partial charge in [0.15, 0.2) is 0 Å². The van der Waals surface area contributed by atoms with Crippen molar-refractivity contribution in [1.29, 1.82) is 0 Å². The summed E-state index contributed by atoms with van der Waals surface area (Å²) < 4.78 is 5.71. The van der Waals surface area contributed by atoms with Crippen LogP contribution in [0.2, 0.25) is 0 Å². The number of rotatable bonds is 6. The van der Waals surface area contributed by atoms with Crippen LogP contribution in [0.15, 0.2) is 30.3 Å². The molecular weight excluding hydrogens is 246 g/mol. The first kappa shape index (κ1) is 15.4. The molecule has 2 rings (SSSR count). The van der Waals surface area contributed by atoms with Gasteiger partial charge in [-0.3, -0.25) is 0 Å². The molecule has 1 aromatic carbocycles. The van der Waals surface area contributed by atoms with E-state index in [-0.39, 0.29) is 0 Å². The molecule has 0 aromatic heterocycles. The summed E-state index contributed by atoms with van der Waals surface area (Å²) in [6.07, 6.45) is 7.84. The molecule has 112 valence electrons. The van der Waals surface area contributed by atoms with Gasteiger partial charge < -0.3 is 10.1 Å². The lowest BCUT2D eigenvalue weighted by Crippen LogP contribution is -2.30. The topological polar surface area (TPSA) is 21.3 Å². The first-order chi connectivity index (χ1) is 9.66. The number of ether oxygens (including phenoxy) is 1. The minimum absolute atomic E-state index is 0.548. The van der Waals surface area contributed by atoms with Gasteiger partial charge in [-0.15, -0.1) is 0 Å². The Balaban J connectivity index is 1.57. The third-order valence-electron chi connectivity index (χ3n) is 4.34. The molecular formula is C18H29NO. The summed E-state index contributed by atoms with van der Waals surface area (Å²) in [6.45, 7) is 6.68. The van der Waals surface area contributed by atoms with Gasteiger partial charge in [0, 0.05) is 6.04 Å². The van der Waals surface area contributed by atoms with Crippen molar-refractivity contribution in [2.45, 2.75) is 58.4 Å². The van der Waals surface area contributed by atoms with E-state index in [1.807, 2.05) is 30.3 Å². The van der Waals surface area contributed by atoms with Crippen LogP contribution >= 0.6 is 0 Å². The lowest BCUT2D eigenvalue weighted by Gasteiger charge is -2.22. The van der Waals surface area contributed by atoms with E-state index in [4.69, 9.17) is 4.74 Å². The van der Waals surface area contributed by atoms with Gasteiger partial charge in [-0.2, -0.15) is 0 Å². The predicted octanol–water partition coefficient (Wildman–Crippen LogP) is 4.40. The molecule has 0 bridgehead atoms. The van der Waals surface area contributed by atoms with Crippen LogP contribution in [0.4, 0.5) is 0 Å². The van der Waals surface area contributed by atoms with Gasteiger partial charge in [0.25, 0.3) is 0 Å². The maximum absolute atomic E-state index is 5.71. The fraction of sp³-hybridized carbons (Fsp3) is 0.667. The monoisotopic (exact) mass is 275 g/mol. The number of nitrogens with one attached hydrogen (secondary N) is 1. The van der Waals surface area contributed by atoms with E-state index in [1.54, 1.807) is 0 Å². The highest BCUT2D eigenvalue weighted by molar-refractivity contribution is 5.20. The molecule has 0 heterocycles. The SMILES string of the molecule is CC1(C)CCCC(NCCCOc2ccccc2)CC1. The van der Waals surface area contributed by atoms with Crippen molar-refractivity contribution in [1.82, 2.24) is 5.32 Å². The second-order valence-electron chi connectivity index (χ2n) is 6.76. The summed E-state index contributed by atoms with van der Waals surface area (Å²) in [5.74, 6) is 0.976. The number of hydrogen-bond donors (Lipinski definition) is 1. The van der Waals surface area contributed by atoms with Crippen LogP contribution in [0.3, 0.4) is 0 Å². The first-order valence-corrected chi connectivity index (χ1v) is 8.07. The van der Waals surface area contributed by atoms with E-state index < -0.39 is 0 Å². The molecule has 2 heteroatoms. The Labute approximate surface area is 123 Å². The van der Waals surface area contributed by atoms with Gasteiger partial charge in [-0.1, -0.05) is 38.5 Å². The van der Waals surface area contributed by atoms with Crippen LogP contribution in [0.1, 0.15) is 52.4 Å². The van der Waals surface area contributed by atoms with Crippen molar-refractivity contribution in [2.75, 3.05) is 13.2 Å². The van der Waals surface area contributed by atoms with E-state index in [9.17, 15) is 0 Å². The Hall–Kier alpha value is -1.02. The van der Waals surface area contributed by atoms with Crippen molar-refractivity contribution in [3.8, 4) is 5.75 Å². The third kappa shape index (κ3) is 5.54. The largest absolute Gasteiger partial charge is 0.494 e. The van der Waals surface area contributed by atoms with Crippen LogP contribution in [-0.4, -0.2) is 19.2 Å². The van der Waals surface area contributed by atoms with Crippen LogP contribution < -0.4 is 10.1 Å². The van der Waals surface area contributed by atoms with Crippen molar-refractivity contribution in [3.05, 3.63) is 30.3 Å². The minimum Gasteiger partial charge on any atom is -0.494 e. The standard InChI is InChI=1S/C18H29NO/c1-18(2)12-6-8-16(11-13-18)19-14-7-15-20-17-9-4-3-5-10-17/h3-5,9-10,16,19H,6-8,11-15H2,1-2H3. The summed E-state index contributed by atoms with van der Waals surface area (Å²) in [5, 5.41) is 3.71. The fourth-order valence-corrected chi connectivity index (χ4v) is 2.95. The second kappa shape index (κ2) is 7.68. The van der Waals surface area contributed by atoms with Crippen molar-refractivity contribution < 1.29 is 4.74 Å². The average molecular weight is 275 g/mol. The highest BCUT2D eigenvalue weighted by atomic mass is 16.5. The molecule has 1 aliphatic carbocycles. The highest BCUT2D eigenvalue weighted by Gasteiger charge is 2.23. The minimum atomic E-state index is 0.548. The Morgan fingerprint density at radius 1 is 1.15 bits per heavy atom. The smallest absolute Gasteiger partial charge is 0.119 e. The van der Waals surface area contributed by atoms with E-state index in [0.717, 1.165) is 25.3 Å². The summed E-state index contributed by atoms with van der Waals surface area (Å²) in [4.78, 5) is 0. The second-order valence-corrected chi connectivity index (χ2v) is 6.76. The van der Waals surface area contributed by atoms with E-state index in [1.165, 1.54) is 32.1 Å². The molecule has 0 saturated heterocycles. The average Bonchev–Trinajstić information content (AvgIpc) is 2.61.